The first-order valence-electron chi connectivity index (χ1n) is 9.35. The van der Waals surface area contributed by atoms with Gasteiger partial charge in [-0.25, -0.2) is 4.79 Å². The molecular weight excluding hydrogens is 340 g/mol. The van der Waals surface area contributed by atoms with E-state index in [2.05, 4.69) is 12.1 Å². The topological polar surface area (TPSA) is 52.6 Å². The van der Waals surface area contributed by atoms with Crippen LogP contribution < -0.4 is 0 Å². The van der Waals surface area contributed by atoms with Crippen molar-refractivity contribution in [2.24, 2.45) is 5.92 Å². The van der Waals surface area contributed by atoms with Crippen molar-refractivity contribution in [1.29, 1.82) is 0 Å². The number of rotatable bonds is 5. The lowest BCUT2D eigenvalue weighted by molar-refractivity contribution is -0.141. The van der Waals surface area contributed by atoms with E-state index >= 15 is 0 Å². The van der Waals surface area contributed by atoms with Crippen molar-refractivity contribution in [3.8, 4) is 0 Å². The molecule has 4 nitrogen and oxygen atoms in total. The largest absolute Gasteiger partial charge is 0.462 e. The monoisotopic (exact) mass is 362 g/mol. The van der Waals surface area contributed by atoms with E-state index in [1.807, 2.05) is 42.5 Å². The summed E-state index contributed by atoms with van der Waals surface area (Å²) in [6, 6.07) is 17.9. The van der Waals surface area contributed by atoms with Crippen LogP contribution in [0.4, 0.5) is 0 Å². The SMILES string of the molecule is O=C1C=C(c2ccccc2)CC(C(=O)CO[C@@H]2CCc3ccccc32)CO1. The number of carbonyl (C=O) groups is 2. The highest BCUT2D eigenvalue weighted by Crippen LogP contribution is 2.34. The van der Waals surface area contributed by atoms with Crippen LogP contribution in [0.25, 0.3) is 5.57 Å². The molecule has 2 aromatic carbocycles. The number of esters is 1. The fourth-order valence-electron chi connectivity index (χ4n) is 3.80. The van der Waals surface area contributed by atoms with Crippen molar-refractivity contribution < 1.29 is 19.1 Å². The second-order valence-corrected chi connectivity index (χ2v) is 7.07. The zero-order chi connectivity index (χ0) is 18.6. The molecular formula is C23H22O4. The number of carbonyl (C=O) groups excluding carboxylic acids is 2. The van der Waals surface area contributed by atoms with Gasteiger partial charge in [-0.3, -0.25) is 4.79 Å². The van der Waals surface area contributed by atoms with Crippen LogP contribution in [0.15, 0.2) is 60.7 Å². The van der Waals surface area contributed by atoms with Crippen LogP contribution in [0.3, 0.4) is 0 Å². The summed E-state index contributed by atoms with van der Waals surface area (Å²) in [5.74, 6) is -0.787. The molecule has 0 fully saturated rings. The molecule has 4 heteroatoms. The Balaban J connectivity index is 1.41. The van der Waals surface area contributed by atoms with Crippen LogP contribution in [0.1, 0.15) is 35.6 Å². The molecule has 0 N–H and O–H groups in total. The number of ketones is 1. The zero-order valence-corrected chi connectivity index (χ0v) is 15.1. The van der Waals surface area contributed by atoms with Crippen molar-refractivity contribution in [2.75, 3.05) is 13.2 Å². The minimum Gasteiger partial charge on any atom is -0.462 e. The number of ether oxygens (including phenoxy) is 2. The molecule has 0 bridgehead atoms. The maximum Gasteiger partial charge on any atom is 0.331 e. The maximum atomic E-state index is 12.8. The van der Waals surface area contributed by atoms with Gasteiger partial charge in [0.2, 0.25) is 0 Å². The second kappa shape index (κ2) is 7.89. The number of hydrogen-bond acceptors (Lipinski definition) is 4. The highest BCUT2D eigenvalue weighted by molar-refractivity contribution is 5.94. The molecule has 0 saturated heterocycles. The smallest absolute Gasteiger partial charge is 0.331 e. The third-order valence-corrected chi connectivity index (χ3v) is 5.29. The maximum absolute atomic E-state index is 12.8. The Morgan fingerprint density at radius 2 is 1.85 bits per heavy atom. The molecule has 2 aromatic rings. The number of cyclic esters (lactones) is 1. The predicted octanol–water partition coefficient (Wildman–Crippen LogP) is 3.91. The summed E-state index contributed by atoms with van der Waals surface area (Å²) in [5, 5.41) is 0. The van der Waals surface area contributed by atoms with Gasteiger partial charge in [0.25, 0.3) is 0 Å². The van der Waals surface area contributed by atoms with E-state index in [4.69, 9.17) is 9.47 Å². The van der Waals surface area contributed by atoms with Gasteiger partial charge in [-0.1, -0.05) is 54.6 Å². The minimum absolute atomic E-state index is 0.0177. The fraction of sp³-hybridized carbons (Fsp3) is 0.304. The number of benzene rings is 2. The van der Waals surface area contributed by atoms with Crippen LogP contribution in [0.2, 0.25) is 0 Å². The Labute approximate surface area is 158 Å². The summed E-state index contributed by atoms with van der Waals surface area (Å²) in [5.41, 5.74) is 4.26. The summed E-state index contributed by atoms with van der Waals surface area (Å²) >= 11 is 0. The second-order valence-electron chi connectivity index (χ2n) is 7.07. The molecule has 0 aromatic heterocycles. The molecule has 1 heterocycles. The van der Waals surface area contributed by atoms with Crippen molar-refractivity contribution in [3.05, 3.63) is 77.4 Å². The van der Waals surface area contributed by atoms with Gasteiger partial charge in [0, 0.05) is 6.08 Å². The van der Waals surface area contributed by atoms with Crippen molar-refractivity contribution in [3.63, 3.8) is 0 Å². The molecule has 0 radical (unpaired) electrons. The average molecular weight is 362 g/mol. The van der Waals surface area contributed by atoms with Crippen molar-refractivity contribution in [1.82, 2.24) is 0 Å². The van der Waals surface area contributed by atoms with E-state index in [9.17, 15) is 9.59 Å². The lowest BCUT2D eigenvalue weighted by atomic mass is 9.92. The van der Waals surface area contributed by atoms with E-state index < -0.39 is 5.97 Å². The number of fused-ring (bicyclic) bond motifs is 1. The van der Waals surface area contributed by atoms with E-state index in [1.165, 1.54) is 17.2 Å². The molecule has 2 atom stereocenters. The molecule has 1 unspecified atom stereocenters. The van der Waals surface area contributed by atoms with Gasteiger partial charge in [-0.05, 0) is 41.5 Å². The van der Waals surface area contributed by atoms with Gasteiger partial charge in [-0.15, -0.1) is 0 Å². The number of aryl methyl sites for hydroxylation is 1. The zero-order valence-electron chi connectivity index (χ0n) is 15.1. The summed E-state index contributed by atoms with van der Waals surface area (Å²) in [4.78, 5) is 24.7. The van der Waals surface area contributed by atoms with E-state index in [0.29, 0.717) is 6.42 Å². The molecule has 2 aliphatic rings. The Morgan fingerprint density at radius 1 is 1.07 bits per heavy atom. The Bertz CT molecular complexity index is 869. The minimum atomic E-state index is -0.394. The average Bonchev–Trinajstić information content (AvgIpc) is 3.01. The Kier molecular flexibility index (Phi) is 5.16. The van der Waals surface area contributed by atoms with Crippen LogP contribution in [0.5, 0.6) is 0 Å². The van der Waals surface area contributed by atoms with E-state index in [-0.39, 0.29) is 31.0 Å². The van der Waals surface area contributed by atoms with Crippen LogP contribution in [0, 0.1) is 5.92 Å². The van der Waals surface area contributed by atoms with Crippen LogP contribution in [-0.2, 0) is 25.5 Å². The standard InChI is InChI=1S/C23H22O4/c24-21(15-26-22-11-10-17-8-4-5-9-20(17)22)19-12-18(13-23(25)27-14-19)16-6-2-1-3-7-16/h1-9,13,19,22H,10-12,14-15H2/t19?,22-/m1/s1. The van der Waals surface area contributed by atoms with Gasteiger partial charge in [-0.2, -0.15) is 0 Å². The number of allylic oxidation sites excluding steroid dienone is 1. The molecule has 27 heavy (non-hydrogen) atoms. The first kappa shape index (κ1) is 17.7. The third-order valence-electron chi connectivity index (χ3n) is 5.29. The third kappa shape index (κ3) is 4.01. The highest BCUT2D eigenvalue weighted by Gasteiger charge is 2.28. The van der Waals surface area contributed by atoms with Gasteiger partial charge in [0.15, 0.2) is 5.78 Å². The lowest BCUT2D eigenvalue weighted by Gasteiger charge is -2.17. The Hall–Kier alpha value is -2.72. The summed E-state index contributed by atoms with van der Waals surface area (Å²) < 4.78 is 11.2. The molecule has 4 rings (SSSR count). The van der Waals surface area contributed by atoms with E-state index in [0.717, 1.165) is 24.0 Å². The Morgan fingerprint density at radius 3 is 2.70 bits per heavy atom. The quantitative estimate of drug-likeness (QED) is 0.757. The van der Waals surface area contributed by atoms with Gasteiger partial charge in [0.1, 0.15) is 13.2 Å². The number of Topliss-reactive ketones (excluding diaryl/α,β-unsaturated/α-hetero) is 1. The number of hydrogen-bond donors (Lipinski definition) is 0. The van der Waals surface area contributed by atoms with Gasteiger partial charge in [0.05, 0.1) is 12.0 Å². The fourth-order valence-corrected chi connectivity index (χ4v) is 3.80. The highest BCUT2D eigenvalue weighted by atomic mass is 16.5. The van der Waals surface area contributed by atoms with Crippen molar-refractivity contribution >= 4 is 17.3 Å². The molecule has 0 saturated carbocycles. The van der Waals surface area contributed by atoms with Crippen molar-refractivity contribution in [2.45, 2.75) is 25.4 Å². The molecule has 0 amide bonds. The lowest BCUT2D eigenvalue weighted by Crippen LogP contribution is -2.25. The summed E-state index contributed by atoms with van der Waals surface area (Å²) in [7, 11) is 0. The normalized spacial score (nSPS) is 21.8. The van der Waals surface area contributed by atoms with Crippen LogP contribution >= 0.6 is 0 Å². The van der Waals surface area contributed by atoms with Gasteiger partial charge >= 0.3 is 5.97 Å². The first-order valence-corrected chi connectivity index (χ1v) is 9.35. The summed E-state index contributed by atoms with van der Waals surface area (Å²) in [6.45, 7) is 0.151. The molecule has 0 spiro atoms. The summed E-state index contributed by atoms with van der Waals surface area (Å²) in [6.07, 6.45) is 3.84. The first-order chi connectivity index (χ1) is 13.2. The molecule has 1 aliphatic carbocycles. The predicted molar refractivity (Wildman–Crippen MR) is 102 cm³/mol. The molecule has 1 aliphatic heterocycles. The van der Waals surface area contributed by atoms with Gasteiger partial charge < -0.3 is 9.47 Å². The van der Waals surface area contributed by atoms with Crippen LogP contribution in [-0.4, -0.2) is 25.0 Å². The van der Waals surface area contributed by atoms with E-state index in [1.54, 1.807) is 0 Å². The molecule has 138 valence electrons.